The predicted molar refractivity (Wildman–Crippen MR) is 223 cm³/mol. The van der Waals surface area contributed by atoms with Crippen molar-refractivity contribution in [3.63, 3.8) is 0 Å². The maximum atomic E-state index is 12.5. The Kier molecular flexibility index (Phi) is 13.8. The van der Waals surface area contributed by atoms with Crippen LogP contribution in [0.3, 0.4) is 0 Å². The number of rotatable bonds is 10. The molecule has 15 heteroatoms. The summed E-state index contributed by atoms with van der Waals surface area (Å²) < 4.78 is 8.90. The number of hydrogen-bond donors (Lipinski definition) is 3. The topological polar surface area (TPSA) is 178 Å². The monoisotopic (exact) mass is 779 g/mol. The van der Waals surface area contributed by atoms with E-state index in [2.05, 4.69) is 40.4 Å². The van der Waals surface area contributed by atoms with Gasteiger partial charge >= 0.3 is 6.09 Å². The number of piperidine rings is 2. The number of hydrogen-bond acceptors (Lipinski definition) is 12. The van der Waals surface area contributed by atoms with Gasteiger partial charge in [0.15, 0.2) is 5.82 Å². The fourth-order valence-corrected chi connectivity index (χ4v) is 7.18. The highest BCUT2D eigenvalue weighted by Crippen LogP contribution is 2.16. The van der Waals surface area contributed by atoms with Crippen LogP contribution in [0.5, 0.6) is 0 Å². The van der Waals surface area contributed by atoms with E-state index in [1.165, 1.54) is 6.20 Å². The molecule has 2 aliphatic heterocycles. The van der Waals surface area contributed by atoms with Crippen molar-refractivity contribution in [3.8, 4) is 0 Å². The van der Waals surface area contributed by atoms with Crippen molar-refractivity contribution in [2.45, 2.75) is 97.6 Å². The lowest BCUT2D eigenvalue weighted by Gasteiger charge is -2.32. The summed E-state index contributed by atoms with van der Waals surface area (Å²) in [7, 11) is 0. The molecule has 0 atom stereocenters. The second-order valence-corrected chi connectivity index (χ2v) is 16.2. The van der Waals surface area contributed by atoms with Gasteiger partial charge in [-0.2, -0.15) is 0 Å². The van der Waals surface area contributed by atoms with Gasteiger partial charge in [-0.05, 0) is 122 Å². The number of likely N-dealkylation sites (tertiary alicyclic amines) is 2. The average Bonchev–Trinajstić information content (AvgIpc) is 3.17. The number of nitrogens with two attached hydrogens (primary N) is 1. The van der Waals surface area contributed by atoms with E-state index in [0.29, 0.717) is 37.5 Å². The highest BCUT2D eigenvalue weighted by molar-refractivity contribution is 5.83. The molecule has 0 bridgehead atoms. The minimum Gasteiger partial charge on any atom is -0.444 e. The van der Waals surface area contributed by atoms with Gasteiger partial charge in [0, 0.05) is 69.3 Å². The fraction of sp³-hybridized carbons (Fsp3) is 0.500. The van der Waals surface area contributed by atoms with Crippen LogP contribution in [0.15, 0.2) is 70.8 Å². The summed E-state index contributed by atoms with van der Waals surface area (Å²) in [5, 5.41) is 6.15. The van der Waals surface area contributed by atoms with E-state index in [1.54, 1.807) is 30.5 Å². The molecule has 5 aromatic heterocycles. The van der Waals surface area contributed by atoms with Crippen LogP contribution < -0.4 is 27.5 Å². The van der Waals surface area contributed by atoms with Gasteiger partial charge in [-0.3, -0.25) is 29.9 Å². The Labute approximate surface area is 333 Å². The van der Waals surface area contributed by atoms with E-state index in [0.717, 1.165) is 104 Å². The third-order valence-electron chi connectivity index (χ3n) is 10.4. The normalized spacial score (nSPS) is 16.0. The second kappa shape index (κ2) is 18.9. The molecule has 0 aromatic carbocycles. The Morgan fingerprint density at radius 3 is 1.75 bits per heavy atom. The Hall–Kier alpha value is -5.09. The van der Waals surface area contributed by atoms with Crippen LogP contribution in [0.25, 0.3) is 22.1 Å². The van der Waals surface area contributed by atoms with Gasteiger partial charge in [0.05, 0.1) is 40.2 Å². The first kappa shape index (κ1) is 41.5. The van der Waals surface area contributed by atoms with Gasteiger partial charge in [0.25, 0.3) is 11.1 Å². The van der Waals surface area contributed by atoms with Crippen LogP contribution in [0.1, 0.15) is 63.3 Å². The molecule has 5 aromatic rings. The van der Waals surface area contributed by atoms with Crippen LogP contribution in [0.2, 0.25) is 0 Å². The van der Waals surface area contributed by atoms with Crippen molar-refractivity contribution in [3.05, 3.63) is 98.7 Å². The molecule has 1 amide bonds. The molecule has 0 aliphatic carbocycles. The van der Waals surface area contributed by atoms with Gasteiger partial charge in [-0.15, -0.1) is 0 Å². The summed E-state index contributed by atoms with van der Waals surface area (Å²) in [4.78, 5) is 58.8. The Morgan fingerprint density at radius 1 is 0.737 bits per heavy atom. The molecule has 7 rings (SSSR count). The summed E-state index contributed by atoms with van der Waals surface area (Å²) in [5.41, 5.74) is 11.9. The first-order valence-corrected chi connectivity index (χ1v) is 20.0. The third-order valence-corrected chi connectivity index (χ3v) is 10.4. The molecule has 0 radical (unpaired) electrons. The van der Waals surface area contributed by atoms with Crippen LogP contribution in [-0.2, 0) is 24.4 Å². The van der Waals surface area contributed by atoms with E-state index in [-0.39, 0.29) is 11.1 Å². The van der Waals surface area contributed by atoms with Gasteiger partial charge < -0.3 is 34.7 Å². The molecule has 7 heterocycles. The van der Waals surface area contributed by atoms with E-state index >= 15 is 0 Å². The minimum absolute atomic E-state index is 0.0138. The van der Waals surface area contributed by atoms with Crippen molar-refractivity contribution >= 4 is 34.0 Å². The zero-order valence-electron chi connectivity index (χ0n) is 33.9. The number of ether oxygens (including phenoxy) is 1. The van der Waals surface area contributed by atoms with Gasteiger partial charge in [-0.25, -0.2) is 9.78 Å². The summed E-state index contributed by atoms with van der Waals surface area (Å²) in [6, 6.07) is 11.6. The first-order valence-electron chi connectivity index (χ1n) is 20.0. The predicted octanol–water partition coefficient (Wildman–Crippen LogP) is 4.22. The molecule has 0 spiro atoms. The quantitative estimate of drug-likeness (QED) is 0.184. The molecule has 15 nitrogen and oxygen atoms in total. The van der Waals surface area contributed by atoms with Crippen molar-refractivity contribution in [2.75, 3.05) is 44.6 Å². The van der Waals surface area contributed by atoms with Crippen molar-refractivity contribution < 1.29 is 9.53 Å². The molecule has 2 aliphatic rings. The van der Waals surface area contributed by atoms with Crippen LogP contribution in [-0.4, -0.2) is 102 Å². The highest BCUT2D eigenvalue weighted by Gasteiger charge is 2.20. The average molecular weight is 780 g/mol. The standard InChI is InChI=1S/C26H35N7O3.C16H22N4O/c1-18-13-22-21(29-14-18)5-6-24(34)33(22)12-11-32-9-7-19(8-10-32)27-15-20-16-30-23(17-28-20)31-25(35)36-26(2,3)4;1-12-10-15-14(18-11-12)2-3-16(21)20(15)9-8-19-6-4-13(17)5-7-19/h5-6,13-14,16-17,19,27H,7-12,15H2,1-4H3,(H,30,31,35);2-3,10-11,13H,4-9,17H2,1H3. The van der Waals surface area contributed by atoms with Gasteiger partial charge in [0.1, 0.15) is 5.60 Å². The Morgan fingerprint density at radius 2 is 1.26 bits per heavy atom. The number of carbonyl (C=O) groups excluding carboxylic acids is 1. The number of fused-ring (bicyclic) bond motifs is 2. The number of nitrogens with zero attached hydrogens (tertiary/aromatic N) is 8. The minimum atomic E-state index is -0.568. The van der Waals surface area contributed by atoms with Crippen molar-refractivity contribution in [1.82, 2.24) is 44.2 Å². The molecular weight excluding hydrogens is 723 g/mol. The lowest BCUT2D eigenvalue weighted by atomic mass is 10.0. The van der Waals surface area contributed by atoms with Crippen LogP contribution in [0, 0.1) is 13.8 Å². The largest absolute Gasteiger partial charge is 0.444 e. The van der Waals surface area contributed by atoms with Crippen molar-refractivity contribution in [2.24, 2.45) is 5.73 Å². The molecule has 2 fully saturated rings. The molecular formula is C42H57N11O4. The Bertz CT molecular complexity index is 2230. The molecule has 4 N–H and O–H groups in total. The van der Waals surface area contributed by atoms with Gasteiger partial charge in [-0.1, -0.05) is 0 Å². The number of carbonyl (C=O) groups is 1. The zero-order chi connectivity index (χ0) is 40.5. The van der Waals surface area contributed by atoms with Crippen LogP contribution in [0.4, 0.5) is 10.6 Å². The summed E-state index contributed by atoms with van der Waals surface area (Å²) in [6.07, 6.45) is 10.5. The third kappa shape index (κ3) is 12.0. The first-order chi connectivity index (χ1) is 27.3. The number of aromatic nitrogens is 6. The fourth-order valence-electron chi connectivity index (χ4n) is 7.18. The lowest BCUT2D eigenvalue weighted by Crippen LogP contribution is -2.43. The molecule has 57 heavy (non-hydrogen) atoms. The smallest absolute Gasteiger partial charge is 0.413 e. The number of aryl methyl sites for hydroxylation is 2. The molecule has 0 unspecified atom stereocenters. The maximum absolute atomic E-state index is 12.5. The van der Waals surface area contributed by atoms with E-state index in [4.69, 9.17) is 10.5 Å². The van der Waals surface area contributed by atoms with E-state index in [1.807, 2.05) is 68.3 Å². The lowest BCUT2D eigenvalue weighted by molar-refractivity contribution is 0.0635. The van der Waals surface area contributed by atoms with E-state index in [9.17, 15) is 14.4 Å². The maximum Gasteiger partial charge on any atom is 0.413 e. The van der Waals surface area contributed by atoms with E-state index < -0.39 is 11.7 Å². The zero-order valence-corrected chi connectivity index (χ0v) is 33.9. The summed E-state index contributed by atoms with van der Waals surface area (Å²) in [5.74, 6) is 0.359. The van der Waals surface area contributed by atoms with Crippen molar-refractivity contribution in [1.29, 1.82) is 0 Å². The molecule has 0 saturated carbocycles. The number of nitrogens with one attached hydrogen (secondary N) is 2. The second-order valence-electron chi connectivity index (χ2n) is 16.2. The molecule has 304 valence electrons. The summed E-state index contributed by atoms with van der Waals surface area (Å²) in [6.45, 7) is 17.1. The summed E-state index contributed by atoms with van der Waals surface area (Å²) >= 11 is 0. The number of anilines is 1. The highest BCUT2D eigenvalue weighted by atomic mass is 16.6. The number of pyridine rings is 4. The molecule has 2 saturated heterocycles. The SMILES string of the molecule is Cc1cnc2ccc(=O)n(CCN3CCC(N)CC3)c2c1.Cc1cnc2ccc(=O)n(CCN3CCC(NCc4cnc(NC(=O)OC(C)(C)C)cn4)CC3)c2c1. The Balaban J connectivity index is 0.000000221. The van der Waals surface area contributed by atoms with Crippen LogP contribution >= 0.6 is 0 Å². The number of amides is 1. The van der Waals surface area contributed by atoms with Gasteiger partial charge in [0.2, 0.25) is 0 Å².